The summed E-state index contributed by atoms with van der Waals surface area (Å²) in [6, 6.07) is 3.53. The fourth-order valence-electron chi connectivity index (χ4n) is 1.09. The Kier molecular flexibility index (Phi) is 4.20. The van der Waals surface area contributed by atoms with Gasteiger partial charge in [0, 0.05) is 6.54 Å². The molecule has 15 heavy (non-hydrogen) atoms. The van der Waals surface area contributed by atoms with Crippen LogP contribution in [0.2, 0.25) is 5.22 Å². The third-order valence-electron chi connectivity index (χ3n) is 2.27. The maximum atomic E-state index is 9.75. The molecule has 0 spiro atoms. The molecule has 0 aromatic carbocycles. The van der Waals surface area contributed by atoms with Crippen molar-refractivity contribution in [2.75, 3.05) is 6.54 Å². The highest BCUT2D eigenvalue weighted by atomic mass is 35.5. The molecule has 1 rings (SSSR count). The zero-order valence-corrected chi connectivity index (χ0v) is 10.1. The second-order valence-corrected chi connectivity index (χ2v) is 5.09. The molecule has 0 saturated heterocycles. The third kappa shape index (κ3) is 4.24. The zero-order chi connectivity index (χ0) is 11.5. The number of aliphatic hydroxyl groups is 1. The molecule has 4 heteroatoms. The summed E-state index contributed by atoms with van der Waals surface area (Å²) in [5.74, 6) is 0.779. The van der Waals surface area contributed by atoms with Crippen molar-refractivity contribution >= 4 is 11.6 Å². The van der Waals surface area contributed by atoms with Crippen LogP contribution in [0.3, 0.4) is 0 Å². The van der Waals surface area contributed by atoms with Gasteiger partial charge in [-0.25, -0.2) is 0 Å². The van der Waals surface area contributed by atoms with Gasteiger partial charge in [-0.15, -0.1) is 0 Å². The van der Waals surface area contributed by atoms with Crippen molar-refractivity contribution in [1.29, 1.82) is 0 Å². The van der Waals surface area contributed by atoms with E-state index in [0.29, 0.717) is 18.3 Å². The van der Waals surface area contributed by atoms with E-state index >= 15 is 0 Å². The first-order chi connectivity index (χ1) is 6.89. The Morgan fingerprint density at radius 3 is 2.60 bits per heavy atom. The van der Waals surface area contributed by atoms with Crippen LogP contribution in [0.25, 0.3) is 0 Å². The van der Waals surface area contributed by atoms with Crippen molar-refractivity contribution in [3.8, 4) is 0 Å². The minimum atomic E-state index is -0.372. The van der Waals surface area contributed by atoms with Crippen molar-refractivity contribution in [3.63, 3.8) is 0 Å². The average Bonchev–Trinajstić information content (AvgIpc) is 2.49. The lowest BCUT2D eigenvalue weighted by molar-refractivity contribution is 0.0624. The van der Waals surface area contributed by atoms with Gasteiger partial charge in [0.25, 0.3) is 0 Å². The van der Waals surface area contributed by atoms with Gasteiger partial charge in [0.15, 0.2) is 5.22 Å². The van der Waals surface area contributed by atoms with Crippen LogP contribution >= 0.6 is 11.6 Å². The molecule has 1 aromatic rings. The van der Waals surface area contributed by atoms with Crippen LogP contribution in [-0.4, -0.2) is 17.8 Å². The number of hydrogen-bond donors (Lipinski definition) is 2. The van der Waals surface area contributed by atoms with E-state index in [1.807, 2.05) is 26.8 Å². The van der Waals surface area contributed by atoms with Gasteiger partial charge in [-0.3, -0.25) is 0 Å². The molecule has 0 radical (unpaired) electrons. The fourth-order valence-corrected chi connectivity index (χ4v) is 1.25. The molecule has 0 fully saturated rings. The van der Waals surface area contributed by atoms with E-state index in [1.165, 1.54) is 0 Å². The Morgan fingerprint density at radius 1 is 1.47 bits per heavy atom. The Hall–Kier alpha value is -0.510. The highest BCUT2D eigenvalue weighted by molar-refractivity contribution is 6.28. The topological polar surface area (TPSA) is 45.4 Å². The van der Waals surface area contributed by atoms with E-state index in [1.54, 1.807) is 6.07 Å². The minimum Gasteiger partial charge on any atom is -0.448 e. The monoisotopic (exact) mass is 231 g/mol. The van der Waals surface area contributed by atoms with Crippen molar-refractivity contribution < 1.29 is 9.52 Å². The standard InChI is InChI=1S/C11H18ClNO2/c1-11(2,3)9(14)7-13-6-8-4-5-10(12)15-8/h4-5,9,13-14H,6-7H2,1-3H3. The molecular weight excluding hydrogens is 214 g/mol. The molecule has 1 aromatic heterocycles. The van der Waals surface area contributed by atoms with Gasteiger partial charge >= 0.3 is 0 Å². The molecule has 2 N–H and O–H groups in total. The van der Waals surface area contributed by atoms with E-state index in [-0.39, 0.29) is 11.5 Å². The SMILES string of the molecule is CC(C)(C)C(O)CNCc1ccc(Cl)o1. The molecule has 1 heterocycles. The first-order valence-corrected chi connectivity index (χ1v) is 5.40. The Bertz CT molecular complexity index is 304. The summed E-state index contributed by atoms with van der Waals surface area (Å²) in [4.78, 5) is 0. The predicted molar refractivity (Wildman–Crippen MR) is 60.9 cm³/mol. The van der Waals surface area contributed by atoms with Gasteiger partial charge in [-0.2, -0.15) is 0 Å². The molecule has 0 saturated carbocycles. The highest BCUT2D eigenvalue weighted by Crippen LogP contribution is 2.18. The van der Waals surface area contributed by atoms with Crippen LogP contribution in [-0.2, 0) is 6.54 Å². The van der Waals surface area contributed by atoms with Crippen LogP contribution in [0.4, 0.5) is 0 Å². The normalized spacial score (nSPS) is 14.2. The summed E-state index contributed by atoms with van der Waals surface area (Å²) in [5.41, 5.74) is -0.103. The highest BCUT2D eigenvalue weighted by Gasteiger charge is 2.21. The Balaban J connectivity index is 2.28. The summed E-state index contributed by atoms with van der Waals surface area (Å²) >= 11 is 5.63. The first kappa shape index (κ1) is 12.6. The molecule has 1 unspecified atom stereocenters. The van der Waals surface area contributed by atoms with Gasteiger partial charge in [0.05, 0.1) is 12.6 Å². The number of hydrogen-bond acceptors (Lipinski definition) is 3. The van der Waals surface area contributed by atoms with E-state index in [0.717, 1.165) is 5.76 Å². The summed E-state index contributed by atoms with van der Waals surface area (Å²) in [6.45, 7) is 7.14. The quantitative estimate of drug-likeness (QED) is 0.837. The average molecular weight is 232 g/mol. The van der Waals surface area contributed by atoms with E-state index in [2.05, 4.69) is 5.32 Å². The number of aliphatic hydroxyl groups excluding tert-OH is 1. The second kappa shape index (κ2) is 5.01. The maximum Gasteiger partial charge on any atom is 0.193 e. The Labute approximate surface area is 95.4 Å². The van der Waals surface area contributed by atoms with Crippen molar-refractivity contribution in [2.24, 2.45) is 5.41 Å². The lowest BCUT2D eigenvalue weighted by Gasteiger charge is -2.25. The fraction of sp³-hybridized carbons (Fsp3) is 0.636. The molecular formula is C11H18ClNO2. The summed E-state index contributed by atoms with van der Waals surface area (Å²) < 4.78 is 5.17. The lowest BCUT2D eigenvalue weighted by atomic mass is 9.89. The number of nitrogens with one attached hydrogen (secondary N) is 1. The molecule has 0 aliphatic rings. The minimum absolute atomic E-state index is 0.103. The number of furan rings is 1. The maximum absolute atomic E-state index is 9.75. The van der Waals surface area contributed by atoms with Crippen molar-refractivity contribution in [1.82, 2.24) is 5.32 Å². The third-order valence-corrected chi connectivity index (χ3v) is 2.47. The first-order valence-electron chi connectivity index (χ1n) is 5.02. The van der Waals surface area contributed by atoms with Crippen LogP contribution in [0.15, 0.2) is 16.5 Å². The van der Waals surface area contributed by atoms with E-state index in [4.69, 9.17) is 16.0 Å². The van der Waals surface area contributed by atoms with Crippen molar-refractivity contribution in [3.05, 3.63) is 23.1 Å². The number of rotatable bonds is 4. The molecule has 1 atom stereocenters. The largest absolute Gasteiger partial charge is 0.448 e. The van der Waals surface area contributed by atoms with Gasteiger partial charge in [0.1, 0.15) is 5.76 Å². The smallest absolute Gasteiger partial charge is 0.193 e. The Morgan fingerprint density at radius 2 is 2.13 bits per heavy atom. The van der Waals surface area contributed by atoms with Crippen LogP contribution < -0.4 is 5.32 Å². The van der Waals surface area contributed by atoms with Gasteiger partial charge in [-0.05, 0) is 29.1 Å². The van der Waals surface area contributed by atoms with E-state index in [9.17, 15) is 5.11 Å². The zero-order valence-electron chi connectivity index (χ0n) is 9.38. The van der Waals surface area contributed by atoms with Gasteiger partial charge < -0.3 is 14.8 Å². The van der Waals surface area contributed by atoms with Crippen LogP contribution in [0.5, 0.6) is 0 Å². The molecule has 0 aliphatic heterocycles. The van der Waals surface area contributed by atoms with Gasteiger partial charge in [0.2, 0.25) is 0 Å². The molecule has 3 nitrogen and oxygen atoms in total. The van der Waals surface area contributed by atoms with Crippen LogP contribution in [0, 0.1) is 5.41 Å². The van der Waals surface area contributed by atoms with Crippen molar-refractivity contribution in [2.45, 2.75) is 33.4 Å². The molecule has 86 valence electrons. The lowest BCUT2D eigenvalue weighted by Crippen LogP contribution is -2.36. The molecule has 0 bridgehead atoms. The number of halogens is 1. The molecule has 0 amide bonds. The summed E-state index contributed by atoms with van der Waals surface area (Å²) in [6.07, 6.45) is -0.372. The van der Waals surface area contributed by atoms with E-state index < -0.39 is 0 Å². The van der Waals surface area contributed by atoms with Crippen LogP contribution in [0.1, 0.15) is 26.5 Å². The summed E-state index contributed by atoms with van der Waals surface area (Å²) in [5, 5.41) is 13.3. The second-order valence-electron chi connectivity index (χ2n) is 4.72. The summed E-state index contributed by atoms with van der Waals surface area (Å²) in [7, 11) is 0. The van der Waals surface area contributed by atoms with Gasteiger partial charge in [-0.1, -0.05) is 20.8 Å². The predicted octanol–water partition coefficient (Wildman–Crippen LogP) is 2.43. The molecule has 0 aliphatic carbocycles.